The number of rotatable bonds is 7. The number of fused-ring (bicyclic) bond motifs is 2. The molecule has 4 aromatic rings. The van der Waals surface area contributed by atoms with E-state index in [0.717, 1.165) is 40.8 Å². The minimum atomic E-state index is -3.96. The van der Waals surface area contributed by atoms with E-state index in [1.807, 2.05) is 24.3 Å². The molecule has 2 aliphatic heterocycles. The number of benzene rings is 3. The van der Waals surface area contributed by atoms with Gasteiger partial charge in [-0.25, -0.2) is 13.4 Å². The highest BCUT2D eigenvalue weighted by atomic mass is 32.2. The molecule has 3 aromatic carbocycles. The molecule has 0 atom stereocenters. The zero-order chi connectivity index (χ0) is 28.7. The van der Waals surface area contributed by atoms with Gasteiger partial charge in [-0.05, 0) is 67.6 Å². The van der Waals surface area contributed by atoms with Crippen LogP contribution < -0.4 is 15.4 Å². The van der Waals surface area contributed by atoms with Crippen molar-refractivity contribution in [2.75, 3.05) is 25.0 Å². The summed E-state index contributed by atoms with van der Waals surface area (Å²) in [4.78, 5) is 33.6. The number of aromatic nitrogens is 1. The SMILES string of the molecule is CCN1CC(Oc2ccc(-c3ncc(CNC(=O)c4ccc5c(c4C)NC(=O)c4ccccc4S5(=O)=O)s3)cc2)C1. The Morgan fingerprint density at radius 1 is 1.10 bits per heavy atom. The molecule has 9 nitrogen and oxygen atoms in total. The lowest BCUT2D eigenvalue weighted by molar-refractivity contribution is 0.0238. The largest absolute Gasteiger partial charge is 0.488 e. The molecular formula is C30H28N4O5S2. The van der Waals surface area contributed by atoms with Crippen LogP contribution in [0.2, 0.25) is 0 Å². The quantitative estimate of drug-likeness (QED) is 0.326. The molecule has 1 aromatic heterocycles. The van der Waals surface area contributed by atoms with Crippen molar-refractivity contribution in [1.29, 1.82) is 0 Å². The number of carbonyl (C=O) groups is 2. The Kier molecular flexibility index (Phi) is 7.10. The minimum Gasteiger partial charge on any atom is -0.488 e. The molecule has 0 aliphatic carbocycles. The number of amides is 2. The van der Waals surface area contributed by atoms with Crippen LogP contribution in [0.25, 0.3) is 10.6 Å². The van der Waals surface area contributed by atoms with E-state index in [1.54, 1.807) is 25.3 Å². The van der Waals surface area contributed by atoms with Gasteiger partial charge in [0.05, 0.1) is 27.6 Å². The third-order valence-electron chi connectivity index (χ3n) is 7.37. The second-order valence-corrected chi connectivity index (χ2v) is 13.0. The van der Waals surface area contributed by atoms with Gasteiger partial charge in [0.1, 0.15) is 16.9 Å². The Hall–Kier alpha value is -4.06. The summed E-state index contributed by atoms with van der Waals surface area (Å²) in [6.07, 6.45) is 1.96. The number of sulfone groups is 1. The molecule has 2 amide bonds. The molecule has 2 N–H and O–H groups in total. The average Bonchev–Trinajstić information content (AvgIpc) is 3.40. The Labute approximate surface area is 242 Å². The van der Waals surface area contributed by atoms with E-state index >= 15 is 0 Å². The van der Waals surface area contributed by atoms with Gasteiger partial charge >= 0.3 is 0 Å². The van der Waals surface area contributed by atoms with Crippen molar-refractivity contribution >= 4 is 38.7 Å². The van der Waals surface area contributed by atoms with E-state index in [9.17, 15) is 18.0 Å². The zero-order valence-corrected chi connectivity index (χ0v) is 24.1. The van der Waals surface area contributed by atoms with Gasteiger partial charge < -0.3 is 15.4 Å². The number of likely N-dealkylation sites (N-methyl/N-ethyl adjacent to an activating group) is 1. The first-order valence-corrected chi connectivity index (χ1v) is 15.6. The number of thiazole rings is 1. The van der Waals surface area contributed by atoms with Crippen LogP contribution in [-0.4, -0.2) is 55.9 Å². The van der Waals surface area contributed by atoms with Gasteiger partial charge in [0, 0.05) is 35.3 Å². The van der Waals surface area contributed by atoms with Gasteiger partial charge in [-0.15, -0.1) is 11.3 Å². The summed E-state index contributed by atoms with van der Waals surface area (Å²) < 4.78 is 32.7. The molecule has 0 spiro atoms. The van der Waals surface area contributed by atoms with E-state index in [2.05, 4.69) is 27.4 Å². The molecule has 2 aliphatic rings. The number of likely N-dealkylation sites (tertiary alicyclic amines) is 1. The number of nitrogens with one attached hydrogen (secondary N) is 2. The van der Waals surface area contributed by atoms with Crippen LogP contribution in [-0.2, 0) is 16.4 Å². The molecule has 1 fully saturated rings. The Bertz CT molecular complexity index is 1760. The fraction of sp³-hybridized carbons (Fsp3) is 0.233. The van der Waals surface area contributed by atoms with Crippen LogP contribution in [0.5, 0.6) is 5.75 Å². The Morgan fingerprint density at radius 2 is 1.85 bits per heavy atom. The molecular weight excluding hydrogens is 560 g/mol. The molecule has 0 radical (unpaired) electrons. The lowest BCUT2D eigenvalue weighted by atomic mass is 10.1. The topological polar surface area (TPSA) is 118 Å². The summed E-state index contributed by atoms with van der Waals surface area (Å²) in [6.45, 7) is 6.96. The molecule has 1 saturated heterocycles. The van der Waals surface area contributed by atoms with Crippen LogP contribution in [0.15, 0.2) is 76.7 Å². The highest BCUT2D eigenvalue weighted by molar-refractivity contribution is 7.91. The van der Waals surface area contributed by atoms with Crippen molar-refractivity contribution in [3.63, 3.8) is 0 Å². The van der Waals surface area contributed by atoms with Crippen molar-refractivity contribution in [3.8, 4) is 16.3 Å². The highest BCUT2D eigenvalue weighted by Crippen LogP contribution is 2.37. The van der Waals surface area contributed by atoms with E-state index in [-0.39, 0.29) is 45.2 Å². The third-order valence-corrected chi connectivity index (χ3v) is 10.3. The summed E-state index contributed by atoms with van der Waals surface area (Å²) in [5.41, 5.74) is 1.80. The second kappa shape index (κ2) is 10.7. The predicted molar refractivity (Wildman–Crippen MR) is 156 cm³/mol. The van der Waals surface area contributed by atoms with Crippen molar-refractivity contribution in [2.24, 2.45) is 0 Å². The first kappa shape index (κ1) is 27.1. The van der Waals surface area contributed by atoms with Crippen molar-refractivity contribution in [1.82, 2.24) is 15.2 Å². The number of hydrogen-bond acceptors (Lipinski definition) is 8. The normalized spacial score (nSPS) is 16.1. The standard InChI is InChI=1S/C30H28N4O5S2/c1-3-34-16-21(17-34)39-20-10-8-19(9-11-20)30-32-15-22(40-30)14-31-28(35)23-12-13-26-27(18(23)2)33-29(36)24-6-4-5-7-25(24)41(26,37)38/h4-13,15,21H,3,14,16-17H2,1-2H3,(H,31,35)(H,33,36). The number of nitrogens with zero attached hydrogens (tertiary/aromatic N) is 2. The van der Waals surface area contributed by atoms with Gasteiger partial charge in [-0.3, -0.25) is 14.5 Å². The number of anilines is 1. The average molecular weight is 589 g/mol. The molecule has 6 rings (SSSR count). The Morgan fingerprint density at radius 3 is 2.61 bits per heavy atom. The molecule has 3 heterocycles. The fourth-order valence-corrected chi connectivity index (χ4v) is 7.53. The van der Waals surface area contributed by atoms with Crippen molar-refractivity contribution in [2.45, 2.75) is 36.3 Å². The minimum absolute atomic E-state index is 0.0380. The van der Waals surface area contributed by atoms with Crippen LogP contribution in [0, 0.1) is 6.92 Å². The fourth-order valence-electron chi connectivity index (χ4n) is 5.01. The van der Waals surface area contributed by atoms with E-state index < -0.39 is 15.7 Å². The second-order valence-electron chi connectivity index (χ2n) is 10.00. The summed E-state index contributed by atoms with van der Waals surface area (Å²) >= 11 is 1.48. The summed E-state index contributed by atoms with van der Waals surface area (Å²) in [5.74, 6) is -0.0816. The van der Waals surface area contributed by atoms with Gasteiger partial charge in [-0.2, -0.15) is 0 Å². The lowest BCUT2D eigenvalue weighted by Crippen LogP contribution is -2.53. The van der Waals surface area contributed by atoms with Crippen molar-refractivity contribution in [3.05, 3.63) is 88.4 Å². The predicted octanol–water partition coefficient (Wildman–Crippen LogP) is 4.53. The van der Waals surface area contributed by atoms with Crippen LogP contribution in [0.4, 0.5) is 5.69 Å². The monoisotopic (exact) mass is 588 g/mol. The maximum atomic E-state index is 13.3. The lowest BCUT2D eigenvalue weighted by Gasteiger charge is -2.38. The maximum absolute atomic E-state index is 13.3. The van der Waals surface area contributed by atoms with Crippen LogP contribution in [0.3, 0.4) is 0 Å². The highest BCUT2D eigenvalue weighted by Gasteiger charge is 2.33. The first-order valence-electron chi connectivity index (χ1n) is 13.3. The van der Waals surface area contributed by atoms with Gasteiger partial charge in [0.2, 0.25) is 9.84 Å². The third kappa shape index (κ3) is 5.12. The molecule has 11 heteroatoms. The van der Waals surface area contributed by atoms with Crippen molar-refractivity contribution < 1.29 is 22.7 Å². The van der Waals surface area contributed by atoms with E-state index in [1.165, 1.54) is 35.6 Å². The van der Waals surface area contributed by atoms with Crippen LogP contribution >= 0.6 is 11.3 Å². The zero-order valence-electron chi connectivity index (χ0n) is 22.5. The smallest absolute Gasteiger partial charge is 0.257 e. The summed E-state index contributed by atoms with van der Waals surface area (Å²) in [6, 6.07) is 16.8. The number of hydrogen-bond donors (Lipinski definition) is 2. The first-order chi connectivity index (χ1) is 19.7. The van der Waals surface area contributed by atoms with Gasteiger partial charge in [0.25, 0.3) is 11.8 Å². The molecule has 41 heavy (non-hydrogen) atoms. The molecule has 0 saturated carbocycles. The number of ether oxygens (including phenoxy) is 1. The summed E-state index contributed by atoms with van der Waals surface area (Å²) in [7, 11) is -3.96. The van der Waals surface area contributed by atoms with Gasteiger partial charge in [0.15, 0.2) is 0 Å². The Balaban J connectivity index is 1.13. The van der Waals surface area contributed by atoms with E-state index in [0.29, 0.717) is 5.56 Å². The molecule has 210 valence electrons. The summed E-state index contributed by atoms with van der Waals surface area (Å²) in [5, 5.41) is 6.42. The molecule has 0 unspecified atom stereocenters. The molecule has 0 bridgehead atoms. The van der Waals surface area contributed by atoms with Crippen LogP contribution in [0.1, 0.15) is 38.1 Å². The maximum Gasteiger partial charge on any atom is 0.257 e. The van der Waals surface area contributed by atoms with Gasteiger partial charge in [-0.1, -0.05) is 19.1 Å². The van der Waals surface area contributed by atoms with E-state index in [4.69, 9.17) is 4.74 Å². The number of carbonyl (C=O) groups excluding carboxylic acids is 2.